The van der Waals surface area contributed by atoms with Crippen LogP contribution < -0.4 is 10.6 Å². The fourth-order valence-corrected chi connectivity index (χ4v) is 12.8. The van der Waals surface area contributed by atoms with Crippen molar-refractivity contribution in [2.75, 3.05) is 14.2 Å². The van der Waals surface area contributed by atoms with E-state index in [4.69, 9.17) is 19.4 Å². The van der Waals surface area contributed by atoms with Gasteiger partial charge in [-0.05, 0) is 128 Å². The third kappa shape index (κ3) is 7.15. The standard InChI is InChI=1S/C50H62N8O6/c1-25(2)41(55-49(61)63-5)47(59)57-33-17-15-31(21-33)43(57)45-51-23-37(53-45)28-9-7-27(8-10-28)35-19-20-36(40-30-13-11-29(12-14-30)39(35)40)38-24-52-46(54-38)44-32-16-18-34(22-32)58(44)48(60)42(26(3)4)56-50(62)64-6/h7-10,19-20,23-26,29-34,41-44H,11-18,21-22H2,1-6H3,(H,51,53)(H,52,54)(H,55,61)(H,56,62)/t29?,30?,31-,32-,33+,34+,41-,42-,43-,44-/m0/s1. The molecule has 14 heteroatoms. The van der Waals surface area contributed by atoms with Crippen molar-refractivity contribution in [2.24, 2.45) is 23.7 Å². The van der Waals surface area contributed by atoms with Crippen molar-refractivity contribution in [3.8, 4) is 33.6 Å². The molecule has 2 aromatic carbocycles. The van der Waals surface area contributed by atoms with Gasteiger partial charge in [0.1, 0.15) is 23.7 Å². The summed E-state index contributed by atoms with van der Waals surface area (Å²) in [5.74, 6) is 2.86. The van der Waals surface area contributed by atoms with Crippen LogP contribution in [0.25, 0.3) is 33.6 Å². The number of carbonyl (C=O) groups is 4. The summed E-state index contributed by atoms with van der Waals surface area (Å²) in [4.78, 5) is 74.0. The second kappa shape index (κ2) is 16.7. The average molecular weight is 871 g/mol. The van der Waals surface area contributed by atoms with Gasteiger partial charge in [0, 0.05) is 17.6 Å². The SMILES string of the molecule is COC(=O)N[C@H](C(=O)N1[C@@H]2CC[C@@H](C2)[C@H]1c1ncc(-c2ccc(-c3ccc(-c4cnc([C@@H]5[C@H]6CC[C@H](C6)N5C(=O)[C@@H](NC(=O)OC)C(C)C)[nH]4)c4c3C3CCC4CC3)cc2)[nH]1)C(C)C. The lowest BCUT2D eigenvalue weighted by Gasteiger charge is -2.41. The molecule has 2 aliphatic heterocycles. The minimum atomic E-state index is -0.680. The van der Waals surface area contributed by atoms with Gasteiger partial charge in [-0.2, -0.15) is 0 Å². The van der Waals surface area contributed by atoms with E-state index in [1.54, 1.807) is 0 Å². The molecule has 338 valence electrons. The van der Waals surface area contributed by atoms with E-state index >= 15 is 0 Å². The van der Waals surface area contributed by atoms with Crippen molar-refractivity contribution < 1.29 is 28.7 Å². The molecule has 4 amide bonds. The number of amides is 4. The summed E-state index contributed by atoms with van der Waals surface area (Å²) in [6, 6.07) is 11.9. The Hall–Kier alpha value is -5.66. The molecule has 7 aliphatic rings. The number of nitrogens with zero attached hydrogens (tertiary/aromatic N) is 4. The quantitative estimate of drug-likeness (QED) is 0.116. The van der Waals surface area contributed by atoms with Crippen molar-refractivity contribution in [2.45, 2.75) is 140 Å². The summed E-state index contributed by atoms with van der Waals surface area (Å²) in [5.41, 5.74) is 9.50. The summed E-state index contributed by atoms with van der Waals surface area (Å²) >= 11 is 0. The lowest BCUT2D eigenvalue weighted by Crippen LogP contribution is -2.54. The Morgan fingerprint density at radius 2 is 1.03 bits per heavy atom. The van der Waals surface area contributed by atoms with Crippen molar-refractivity contribution in [1.29, 1.82) is 0 Å². The number of rotatable bonds is 11. The zero-order chi connectivity index (χ0) is 44.6. The number of nitrogens with one attached hydrogen (secondary N) is 4. The number of imidazole rings is 2. The molecule has 2 saturated heterocycles. The highest BCUT2D eigenvalue weighted by atomic mass is 16.5. The topological polar surface area (TPSA) is 175 Å². The van der Waals surface area contributed by atoms with E-state index in [-0.39, 0.29) is 47.8 Å². The van der Waals surface area contributed by atoms with Gasteiger partial charge in [0.25, 0.3) is 0 Å². The first kappa shape index (κ1) is 42.3. The molecule has 4 heterocycles. The zero-order valence-electron chi connectivity index (χ0n) is 37.9. The number of methoxy groups -OCH3 is 2. The van der Waals surface area contributed by atoms with E-state index in [2.05, 4.69) is 57.0 Å². The van der Waals surface area contributed by atoms with Gasteiger partial charge in [-0.25, -0.2) is 19.6 Å². The number of aromatic amines is 2. The van der Waals surface area contributed by atoms with Crippen LogP contribution in [0, 0.1) is 23.7 Å². The molecule has 6 bridgehead atoms. The van der Waals surface area contributed by atoms with E-state index in [1.165, 1.54) is 67.7 Å². The van der Waals surface area contributed by atoms with Gasteiger partial charge in [0.05, 0.1) is 50.1 Å². The Morgan fingerprint density at radius 1 is 0.594 bits per heavy atom. The Kier molecular flexibility index (Phi) is 11.0. The first-order chi connectivity index (χ1) is 30.9. The molecule has 4 N–H and O–H groups in total. The molecule has 0 unspecified atom stereocenters. The second-order valence-corrected chi connectivity index (χ2v) is 20.0. The van der Waals surface area contributed by atoms with Crippen LogP contribution in [0.5, 0.6) is 0 Å². The number of benzene rings is 2. The fraction of sp³-hybridized carbons (Fsp3) is 0.560. The number of fused-ring (bicyclic) bond motifs is 6. The Morgan fingerprint density at radius 3 is 1.52 bits per heavy atom. The highest BCUT2D eigenvalue weighted by Crippen LogP contribution is 2.56. The van der Waals surface area contributed by atoms with Gasteiger partial charge < -0.3 is 39.9 Å². The van der Waals surface area contributed by atoms with Crippen LogP contribution in [0.4, 0.5) is 9.59 Å². The molecule has 3 saturated carbocycles. The number of piperidine rings is 2. The number of carbonyl (C=O) groups excluding carboxylic acids is 4. The molecule has 0 radical (unpaired) electrons. The molecule has 0 spiro atoms. The van der Waals surface area contributed by atoms with Crippen LogP contribution in [0.2, 0.25) is 0 Å². The van der Waals surface area contributed by atoms with E-state index in [9.17, 15) is 19.2 Å². The molecule has 14 nitrogen and oxygen atoms in total. The summed E-state index contributed by atoms with van der Waals surface area (Å²) in [5, 5.41) is 5.59. The molecular formula is C50H62N8O6. The Balaban J connectivity index is 0.914. The van der Waals surface area contributed by atoms with Gasteiger partial charge in [-0.15, -0.1) is 0 Å². The van der Waals surface area contributed by atoms with Crippen LogP contribution in [0.3, 0.4) is 0 Å². The molecule has 5 aliphatic carbocycles. The third-order valence-electron chi connectivity index (χ3n) is 15.8. The van der Waals surface area contributed by atoms with Crippen LogP contribution in [0.1, 0.15) is 139 Å². The van der Waals surface area contributed by atoms with E-state index in [0.717, 1.165) is 67.1 Å². The lowest BCUT2D eigenvalue weighted by molar-refractivity contribution is -0.140. The minimum absolute atomic E-state index is 0.0704. The maximum atomic E-state index is 14.2. The average Bonchev–Trinajstić information content (AvgIpc) is 4.19. The monoisotopic (exact) mass is 870 g/mol. The number of alkyl carbamates (subject to hydrolysis) is 2. The summed E-state index contributed by atoms with van der Waals surface area (Å²) in [6.07, 6.45) is 13.3. The van der Waals surface area contributed by atoms with E-state index < -0.39 is 24.3 Å². The molecule has 11 rings (SSSR count). The summed E-state index contributed by atoms with van der Waals surface area (Å²) in [7, 11) is 2.64. The van der Waals surface area contributed by atoms with Gasteiger partial charge in [-0.1, -0.05) is 64.1 Å². The number of aromatic nitrogens is 4. The summed E-state index contributed by atoms with van der Waals surface area (Å²) < 4.78 is 9.75. The number of hydrogen-bond acceptors (Lipinski definition) is 8. The largest absolute Gasteiger partial charge is 0.453 e. The molecule has 8 atom stereocenters. The minimum Gasteiger partial charge on any atom is -0.453 e. The Labute approximate surface area is 375 Å². The lowest BCUT2D eigenvalue weighted by atomic mass is 9.64. The molecule has 64 heavy (non-hydrogen) atoms. The second-order valence-electron chi connectivity index (χ2n) is 20.0. The van der Waals surface area contributed by atoms with E-state index in [0.29, 0.717) is 23.7 Å². The number of H-pyrrole nitrogens is 2. The third-order valence-corrected chi connectivity index (χ3v) is 15.8. The van der Waals surface area contributed by atoms with Gasteiger partial charge in [0.2, 0.25) is 11.8 Å². The van der Waals surface area contributed by atoms with Crippen molar-refractivity contribution in [3.63, 3.8) is 0 Å². The van der Waals surface area contributed by atoms with Crippen molar-refractivity contribution >= 4 is 24.0 Å². The highest BCUT2D eigenvalue weighted by molar-refractivity contribution is 5.88. The molecule has 4 aromatic rings. The predicted octanol–water partition coefficient (Wildman–Crippen LogP) is 8.75. The number of likely N-dealkylation sites (tertiary alicyclic amines) is 2. The molecule has 5 fully saturated rings. The molecule has 2 aromatic heterocycles. The summed E-state index contributed by atoms with van der Waals surface area (Å²) in [6.45, 7) is 7.79. The zero-order valence-corrected chi connectivity index (χ0v) is 37.9. The van der Waals surface area contributed by atoms with Crippen LogP contribution in [-0.2, 0) is 19.1 Å². The highest BCUT2D eigenvalue weighted by Gasteiger charge is 2.53. The molecular weight excluding hydrogens is 809 g/mol. The van der Waals surface area contributed by atoms with Crippen LogP contribution in [-0.4, -0.2) is 92.1 Å². The number of ether oxygens (including phenoxy) is 2. The van der Waals surface area contributed by atoms with Gasteiger partial charge in [0.15, 0.2) is 0 Å². The normalized spacial score (nSPS) is 27.2. The van der Waals surface area contributed by atoms with Crippen molar-refractivity contribution in [3.05, 3.63) is 71.6 Å². The maximum Gasteiger partial charge on any atom is 0.407 e. The van der Waals surface area contributed by atoms with Crippen LogP contribution in [0.15, 0.2) is 48.8 Å². The maximum absolute atomic E-state index is 14.2. The van der Waals surface area contributed by atoms with Crippen LogP contribution >= 0.6 is 0 Å². The Bertz CT molecular complexity index is 2430. The smallest absolute Gasteiger partial charge is 0.407 e. The van der Waals surface area contributed by atoms with Gasteiger partial charge in [-0.3, -0.25) is 9.59 Å². The van der Waals surface area contributed by atoms with Crippen molar-refractivity contribution in [1.82, 2.24) is 40.4 Å². The van der Waals surface area contributed by atoms with E-state index in [1.807, 2.05) is 49.9 Å². The first-order valence-electron chi connectivity index (χ1n) is 23.6. The number of hydrogen-bond donors (Lipinski definition) is 4. The fourth-order valence-electron chi connectivity index (χ4n) is 12.8. The van der Waals surface area contributed by atoms with Gasteiger partial charge >= 0.3 is 12.2 Å². The first-order valence-corrected chi connectivity index (χ1v) is 23.6. The predicted molar refractivity (Wildman–Crippen MR) is 241 cm³/mol.